The van der Waals surface area contributed by atoms with Crippen LogP contribution in [-0.4, -0.2) is 32.7 Å². The molecule has 1 saturated carbocycles. The number of aromatic nitrogens is 1. The van der Waals surface area contributed by atoms with Gasteiger partial charge in [-0.05, 0) is 25.0 Å². The molecule has 0 spiro atoms. The minimum absolute atomic E-state index is 0.0107. The number of carbonyl (C=O) groups excluding carboxylic acids is 1. The molecule has 1 aromatic carbocycles. The summed E-state index contributed by atoms with van der Waals surface area (Å²) in [6.07, 6.45) is 4.18. The van der Waals surface area contributed by atoms with Gasteiger partial charge in [0.2, 0.25) is 0 Å². The van der Waals surface area contributed by atoms with Gasteiger partial charge in [0.15, 0.2) is 21.4 Å². The number of ether oxygens (including phenoxy) is 1. The number of halogens is 1. The third-order valence-corrected chi connectivity index (χ3v) is 5.34. The van der Waals surface area contributed by atoms with Crippen molar-refractivity contribution in [2.24, 2.45) is 0 Å². The van der Waals surface area contributed by atoms with Gasteiger partial charge in [0.05, 0.1) is 18.9 Å². The smallest absolute Gasteiger partial charge is 0.199 e. The van der Waals surface area contributed by atoms with E-state index in [4.69, 9.17) is 20.9 Å². The van der Waals surface area contributed by atoms with Crippen LogP contribution in [0.3, 0.4) is 0 Å². The summed E-state index contributed by atoms with van der Waals surface area (Å²) in [5.41, 5.74) is 0.266. The summed E-state index contributed by atoms with van der Waals surface area (Å²) in [7, 11) is -2.36. The van der Waals surface area contributed by atoms with Crippen molar-refractivity contribution in [3.8, 4) is 5.75 Å². The van der Waals surface area contributed by atoms with E-state index in [0.29, 0.717) is 5.76 Å². The molecule has 1 aliphatic carbocycles. The van der Waals surface area contributed by atoms with Gasteiger partial charge in [0, 0.05) is 17.7 Å². The lowest BCUT2D eigenvalue weighted by Gasteiger charge is -2.12. The van der Waals surface area contributed by atoms with Crippen LogP contribution in [0.2, 0.25) is 5.02 Å². The molecule has 0 bridgehead atoms. The fourth-order valence-electron chi connectivity index (χ4n) is 2.44. The highest BCUT2D eigenvalue weighted by Crippen LogP contribution is 2.43. The Labute approximate surface area is 138 Å². The lowest BCUT2D eigenvalue weighted by atomic mass is 10.0. The second kappa shape index (κ2) is 5.65. The predicted octanol–water partition coefficient (Wildman–Crippen LogP) is 2.85. The highest BCUT2D eigenvalue weighted by atomic mass is 35.5. The number of rotatable bonds is 5. The van der Waals surface area contributed by atoms with Crippen molar-refractivity contribution in [2.45, 2.75) is 23.7 Å². The van der Waals surface area contributed by atoms with Crippen LogP contribution < -0.4 is 4.74 Å². The molecule has 0 aliphatic heterocycles. The Hall–Kier alpha value is -1.86. The van der Waals surface area contributed by atoms with E-state index >= 15 is 0 Å². The summed E-state index contributed by atoms with van der Waals surface area (Å²) in [5, 5.41) is 3.57. The van der Waals surface area contributed by atoms with Gasteiger partial charge in [0.1, 0.15) is 15.7 Å². The Morgan fingerprint density at radius 2 is 2.04 bits per heavy atom. The van der Waals surface area contributed by atoms with Crippen molar-refractivity contribution in [3.63, 3.8) is 0 Å². The minimum atomic E-state index is -3.73. The Morgan fingerprint density at radius 3 is 2.61 bits per heavy atom. The number of sulfone groups is 1. The van der Waals surface area contributed by atoms with Gasteiger partial charge in [-0.2, -0.15) is 0 Å². The summed E-state index contributed by atoms with van der Waals surface area (Å²) < 4.78 is 34.4. The van der Waals surface area contributed by atoms with Crippen LogP contribution in [0.4, 0.5) is 0 Å². The summed E-state index contributed by atoms with van der Waals surface area (Å²) in [6.45, 7) is 0. The Bertz CT molecular complexity index is 883. The average molecular weight is 356 g/mol. The van der Waals surface area contributed by atoms with Crippen LogP contribution in [0.15, 0.2) is 27.7 Å². The molecule has 3 rings (SSSR count). The molecule has 23 heavy (non-hydrogen) atoms. The van der Waals surface area contributed by atoms with Gasteiger partial charge >= 0.3 is 0 Å². The molecule has 1 fully saturated rings. The number of benzene rings is 1. The van der Waals surface area contributed by atoms with Crippen LogP contribution in [0.25, 0.3) is 0 Å². The molecule has 122 valence electrons. The van der Waals surface area contributed by atoms with Crippen molar-refractivity contribution in [1.29, 1.82) is 0 Å². The molecule has 8 heteroatoms. The average Bonchev–Trinajstić information content (AvgIpc) is 3.22. The highest BCUT2D eigenvalue weighted by Gasteiger charge is 2.34. The Morgan fingerprint density at radius 1 is 1.35 bits per heavy atom. The number of nitrogens with zero attached hydrogens (tertiary/aromatic N) is 1. The first-order valence-electron chi connectivity index (χ1n) is 6.90. The second-order valence-corrected chi connectivity index (χ2v) is 7.77. The lowest BCUT2D eigenvalue weighted by molar-refractivity contribution is 0.103. The predicted molar refractivity (Wildman–Crippen MR) is 83.0 cm³/mol. The van der Waals surface area contributed by atoms with Crippen molar-refractivity contribution in [2.75, 3.05) is 13.4 Å². The zero-order chi connectivity index (χ0) is 16.8. The standard InChI is InChI=1S/C15H14ClNO5S/c1-21-11-6-5-9(15(12(11)16)23(2,19)20)13(18)10-7-17-22-14(10)8-3-4-8/h5-8H,3-4H2,1-2H3. The van der Waals surface area contributed by atoms with Gasteiger partial charge in [0.25, 0.3) is 0 Å². The number of methoxy groups -OCH3 is 1. The maximum atomic E-state index is 12.8. The van der Waals surface area contributed by atoms with Crippen LogP contribution in [-0.2, 0) is 9.84 Å². The molecule has 0 atom stereocenters. The quantitative estimate of drug-likeness (QED) is 0.766. The van der Waals surface area contributed by atoms with E-state index in [2.05, 4.69) is 5.16 Å². The largest absolute Gasteiger partial charge is 0.495 e. The molecule has 0 saturated heterocycles. The molecule has 0 unspecified atom stereocenters. The number of carbonyl (C=O) groups is 1. The molecule has 1 aromatic heterocycles. The van der Waals surface area contributed by atoms with E-state index in [9.17, 15) is 13.2 Å². The number of hydrogen-bond donors (Lipinski definition) is 0. The minimum Gasteiger partial charge on any atom is -0.495 e. The third kappa shape index (κ3) is 2.86. The van der Waals surface area contributed by atoms with Crippen LogP contribution in [0, 0.1) is 0 Å². The van der Waals surface area contributed by atoms with Gasteiger partial charge in [-0.15, -0.1) is 0 Å². The van der Waals surface area contributed by atoms with Crippen LogP contribution in [0.1, 0.15) is 40.4 Å². The summed E-state index contributed by atoms with van der Waals surface area (Å²) in [5.74, 6) is 0.391. The van der Waals surface area contributed by atoms with E-state index in [-0.39, 0.29) is 32.7 Å². The maximum absolute atomic E-state index is 12.8. The molecule has 1 aliphatic rings. The molecular weight excluding hydrogens is 342 g/mol. The molecular formula is C15H14ClNO5S. The molecule has 0 amide bonds. The van der Waals surface area contributed by atoms with E-state index in [1.807, 2.05) is 0 Å². The SMILES string of the molecule is COc1ccc(C(=O)c2cnoc2C2CC2)c(S(C)(=O)=O)c1Cl. The number of ketones is 1. The Kier molecular flexibility index (Phi) is 3.93. The van der Waals surface area contributed by atoms with Gasteiger partial charge < -0.3 is 9.26 Å². The first-order chi connectivity index (χ1) is 10.8. The van der Waals surface area contributed by atoms with E-state index in [1.165, 1.54) is 25.4 Å². The third-order valence-electron chi connectivity index (χ3n) is 3.69. The summed E-state index contributed by atoms with van der Waals surface area (Å²) in [4.78, 5) is 12.6. The summed E-state index contributed by atoms with van der Waals surface area (Å²) in [6, 6.07) is 2.86. The monoisotopic (exact) mass is 355 g/mol. The van der Waals surface area contributed by atoms with Crippen molar-refractivity contribution < 1.29 is 22.5 Å². The molecule has 0 N–H and O–H groups in total. The Balaban J connectivity index is 2.17. The zero-order valence-corrected chi connectivity index (χ0v) is 14.1. The van der Waals surface area contributed by atoms with Gasteiger partial charge in [-0.25, -0.2) is 8.42 Å². The molecule has 6 nitrogen and oxygen atoms in total. The summed E-state index contributed by atoms with van der Waals surface area (Å²) >= 11 is 6.12. The highest BCUT2D eigenvalue weighted by molar-refractivity contribution is 7.91. The first kappa shape index (κ1) is 16.0. The fraction of sp³-hybridized carbons (Fsp3) is 0.333. The molecule has 0 radical (unpaired) electrons. The first-order valence-corrected chi connectivity index (χ1v) is 9.17. The van der Waals surface area contributed by atoms with Crippen molar-refractivity contribution in [1.82, 2.24) is 5.16 Å². The zero-order valence-electron chi connectivity index (χ0n) is 12.5. The normalized spacial score (nSPS) is 14.7. The molecule has 2 aromatic rings. The van der Waals surface area contributed by atoms with E-state index < -0.39 is 15.6 Å². The van der Waals surface area contributed by atoms with Gasteiger partial charge in [-0.1, -0.05) is 16.8 Å². The lowest BCUT2D eigenvalue weighted by Crippen LogP contribution is -2.11. The van der Waals surface area contributed by atoms with Gasteiger partial charge in [-0.3, -0.25) is 4.79 Å². The molecule has 1 heterocycles. The van der Waals surface area contributed by atoms with Crippen LogP contribution >= 0.6 is 11.6 Å². The van der Waals surface area contributed by atoms with Crippen LogP contribution in [0.5, 0.6) is 5.75 Å². The van der Waals surface area contributed by atoms with E-state index in [1.54, 1.807) is 0 Å². The number of hydrogen-bond acceptors (Lipinski definition) is 6. The topological polar surface area (TPSA) is 86.5 Å². The van der Waals surface area contributed by atoms with Crippen molar-refractivity contribution in [3.05, 3.63) is 40.2 Å². The van der Waals surface area contributed by atoms with E-state index in [0.717, 1.165) is 19.1 Å². The fourth-order valence-corrected chi connectivity index (χ4v) is 4.09. The maximum Gasteiger partial charge on any atom is 0.199 e. The second-order valence-electron chi connectivity index (χ2n) is 5.44. The van der Waals surface area contributed by atoms with Crippen molar-refractivity contribution >= 4 is 27.2 Å².